The summed E-state index contributed by atoms with van der Waals surface area (Å²) in [5, 5.41) is 41.2. The van der Waals surface area contributed by atoms with Crippen LogP contribution in [0.15, 0.2) is 36.5 Å². The Hall–Kier alpha value is -1.78. The number of aliphatic hydroxyl groups excluding tert-OH is 4. The van der Waals surface area contributed by atoms with Crippen LogP contribution in [0.2, 0.25) is 0 Å². The van der Waals surface area contributed by atoms with Gasteiger partial charge >= 0.3 is 27.6 Å². The van der Waals surface area contributed by atoms with Gasteiger partial charge in [-0.3, -0.25) is 23.2 Å². The van der Waals surface area contributed by atoms with Crippen LogP contribution in [0.25, 0.3) is 0 Å². The first-order chi connectivity index (χ1) is 30.1. The first-order valence-corrected chi connectivity index (χ1v) is 26.6. The molecule has 8 atom stereocenters. The van der Waals surface area contributed by atoms with E-state index < -0.39 is 83.5 Å². The van der Waals surface area contributed by atoms with E-state index in [9.17, 15) is 44.0 Å². The lowest BCUT2D eigenvalue weighted by Crippen LogP contribution is -2.64. The van der Waals surface area contributed by atoms with E-state index in [4.69, 9.17) is 28.3 Å². The van der Waals surface area contributed by atoms with Gasteiger partial charge in [0.25, 0.3) is 0 Å². The number of hydrogen-bond acceptors (Lipinski definition) is 13. The average molecular weight is 941 g/mol. The van der Waals surface area contributed by atoms with Crippen molar-refractivity contribution in [2.75, 3.05) is 13.2 Å². The maximum absolute atomic E-state index is 13.0. The second-order valence-corrected chi connectivity index (χ2v) is 19.1. The van der Waals surface area contributed by atoms with Crippen LogP contribution in [0.3, 0.4) is 0 Å². The van der Waals surface area contributed by atoms with Crippen molar-refractivity contribution < 1.29 is 76.9 Å². The predicted octanol–water partition coefficient (Wildman–Crippen LogP) is 8.73. The zero-order valence-electron chi connectivity index (χ0n) is 38.0. The Morgan fingerprint density at radius 2 is 0.921 bits per heavy atom. The molecule has 0 aromatic carbocycles. The van der Waals surface area contributed by atoms with Gasteiger partial charge in [-0.2, -0.15) is 0 Å². The van der Waals surface area contributed by atoms with E-state index in [0.717, 1.165) is 83.5 Å². The molecule has 18 heteroatoms. The van der Waals surface area contributed by atoms with Gasteiger partial charge in [0.05, 0.1) is 6.61 Å². The Bertz CT molecular complexity index is 1370. The number of carbonyl (C=O) groups excluding carboxylic acids is 2. The number of carbonyl (C=O) groups is 2. The van der Waals surface area contributed by atoms with Gasteiger partial charge in [-0.15, -0.1) is 0 Å². The Morgan fingerprint density at radius 1 is 0.508 bits per heavy atom. The Kier molecular flexibility index (Phi) is 34.2. The molecule has 0 bridgehead atoms. The molecule has 368 valence electrons. The van der Waals surface area contributed by atoms with Crippen molar-refractivity contribution in [3.05, 3.63) is 36.5 Å². The fraction of sp³-hybridized carbons (Fsp3) is 0.822. The van der Waals surface area contributed by atoms with E-state index in [1.807, 2.05) is 0 Å². The third-order valence-corrected chi connectivity index (χ3v) is 12.2. The molecular formula is C45H82O16P2. The van der Waals surface area contributed by atoms with Gasteiger partial charge in [-0.1, -0.05) is 134 Å². The van der Waals surface area contributed by atoms with E-state index in [1.165, 1.54) is 57.8 Å². The average Bonchev–Trinajstić information content (AvgIpc) is 3.23. The van der Waals surface area contributed by atoms with Crippen LogP contribution in [0, 0.1) is 0 Å². The smallest absolute Gasteiger partial charge is 0.462 e. The van der Waals surface area contributed by atoms with Gasteiger partial charge in [-0.05, 0) is 70.6 Å². The third-order valence-electron chi connectivity index (χ3n) is 10.7. The van der Waals surface area contributed by atoms with E-state index in [0.29, 0.717) is 12.8 Å². The Balaban J connectivity index is 2.62. The van der Waals surface area contributed by atoms with Crippen LogP contribution in [-0.4, -0.2) is 103 Å². The standard InChI is InChI=1S/C45H82O16P2/c1-3-5-7-9-11-13-15-17-19-21-23-25-27-29-31-33-38(46)57-35-37(59-39(47)34-32-30-28-26-24-22-20-18-16-14-12-10-8-6-4-2)36-58-63(55,56)61-45-42(50)40(48)41(49)44(43(45)51)60-62(52,53)54/h11,13,17-20,37,40-45,48-51H,3-10,12,14-16,21-36H2,1-2H3,(H,55,56)(H2,52,53,54)/b13-11-,19-17-,20-18-/t37-,40?,41?,42?,43?,44-,45+/m1/s1. The molecule has 1 fully saturated rings. The van der Waals surface area contributed by atoms with Crippen LogP contribution in [0.4, 0.5) is 0 Å². The highest BCUT2D eigenvalue weighted by Gasteiger charge is 2.54. The van der Waals surface area contributed by atoms with Gasteiger partial charge < -0.3 is 44.6 Å². The van der Waals surface area contributed by atoms with Gasteiger partial charge in [0, 0.05) is 12.8 Å². The normalized spacial score (nSPS) is 22.2. The first kappa shape index (κ1) is 59.2. The molecule has 1 aliphatic rings. The molecule has 63 heavy (non-hydrogen) atoms. The Labute approximate surface area is 376 Å². The summed E-state index contributed by atoms with van der Waals surface area (Å²) in [4.78, 5) is 54.2. The van der Waals surface area contributed by atoms with Gasteiger partial charge in [0.2, 0.25) is 0 Å². The number of esters is 2. The molecule has 16 nitrogen and oxygen atoms in total. The van der Waals surface area contributed by atoms with E-state index in [-0.39, 0.29) is 12.8 Å². The largest absolute Gasteiger partial charge is 0.472 e. The second kappa shape index (κ2) is 36.4. The van der Waals surface area contributed by atoms with Gasteiger partial charge in [0.15, 0.2) is 6.10 Å². The maximum atomic E-state index is 13.0. The van der Waals surface area contributed by atoms with Crippen molar-refractivity contribution in [3.8, 4) is 0 Å². The lowest BCUT2D eigenvalue weighted by molar-refractivity contribution is -0.216. The maximum Gasteiger partial charge on any atom is 0.472 e. The number of ether oxygens (including phenoxy) is 2. The predicted molar refractivity (Wildman–Crippen MR) is 241 cm³/mol. The number of rotatable bonds is 39. The number of phosphoric acid groups is 2. The van der Waals surface area contributed by atoms with Gasteiger partial charge in [-0.25, -0.2) is 9.13 Å². The quantitative estimate of drug-likeness (QED) is 0.0132. The third kappa shape index (κ3) is 30.9. The fourth-order valence-corrected chi connectivity index (χ4v) is 8.53. The van der Waals surface area contributed by atoms with Crippen LogP contribution >= 0.6 is 15.6 Å². The lowest BCUT2D eigenvalue weighted by Gasteiger charge is -2.43. The highest BCUT2D eigenvalue weighted by atomic mass is 31.2. The first-order valence-electron chi connectivity index (χ1n) is 23.5. The second-order valence-electron chi connectivity index (χ2n) is 16.5. The van der Waals surface area contributed by atoms with Crippen molar-refractivity contribution >= 4 is 27.6 Å². The highest BCUT2D eigenvalue weighted by Crippen LogP contribution is 2.49. The minimum atomic E-state index is -5.36. The molecule has 0 saturated heterocycles. The molecule has 0 aliphatic heterocycles. The zero-order chi connectivity index (χ0) is 46.8. The number of unbranched alkanes of at least 4 members (excludes halogenated alkanes) is 19. The minimum Gasteiger partial charge on any atom is -0.462 e. The molecule has 5 unspecified atom stereocenters. The summed E-state index contributed by atoms with van der Waals surface area (Å²) < 4.78 is 49.3. The van der Waals surface area contributed by atoms with E-state index >= 15 is 0 Å². The number of hydrogen-bond donors (Lipinski definition) is 7. The molecule has 0 aromatic rings. The molecule has 7 N–H and O–H groups in total. The van der Waals surface area contributed by atoms with Crippen LogP contribution in [0.5, 0.6) is 0 Å². The monoisotopic (exact) mass is 941 g/mol. The summed E-state index contributed by atoms with van der Waals surface area (Å²) in [6.07, 6.45) is 23.9. The SMILES string of the molecule is CCCCC/C=C\C/C=C\CCCCCCCC(=O)OC[C@H](COP(=O)(O)O[C@H]1C(O)C(O)C(O)[C@@H](OP(=O)(O)O)C1O)OC(=O)CCCCCCC/C=C\CCCCCCCC. The summed E-state index contributed by atoms with van der Waals surface area (Å²) in [6, 6.07) is 0. The lowest BCUT2D eigenvalue weighted by atomic mass is 9.85. The van der Waals surface area contributed by atoms with Crippen molar-refractivity contribution in [2.24, 2.45) is 0 Å². The molecule has 1 rings (SSSR count). The van der Waals surface area contributed by atoms with Crippen LogP contribution in [0.1, 0.15) is 181 Å². The summed E-state index contributed by atoms with van der Waals surface area (Å²) in [6.45, 7) is 3.06. The van der Waals surface area contributed by atoms with Crippen molar-refractivity contribution in [1.82, 2.24) is 0 Å². The zero-order valence-corrected chi connectivity index (χ0v) is 39.8. The number of allylic oxidation sites excluding steroid dienone is 6. The highest BCUT2D eigenvalue weighted by molar-refractivity contribution is 7.47. The molecule has 0 aromatic heterocycles. The van der Waals surface area contributed by atoms with Crippen LogP contribution < -0.4 is 0 Å². The van der Waals surface area contributed by atoms with Crippen molar-refractivity contribution in [2.45, 2.75) is 224 Å². The summed E-state index contributed by atoms with van der Waals surface area (Å²) in [5.41, 5.74) is 0. The van der Waals surface area contributed by atoms with Crippen molar-refractivity contribution in [3.63, 3.8) is 0 Å². The summed E-state index contributed by atoms with van der Waals surface area (Å²) >= 11 is 0. The van der Waals surface area contributed by atoms with E-state index in [1.54, 1.807) is 0 Å². The minimum absolute atomic E-state index is 0.0312. The molecular weight excluding hydrogens is 858 g/mol. The molecule has 0 amide bonds. The Morgan fingerprint density at radius 3 is 1.43 bits per heavy atom. The van der Waals surface area contributed by atoms with Gasteiger partial charge in [0.1, 0.15) is 43.2 Å². The molecule has 0 heterocycles. The molecule has 1 aliphatic carbocycles. The summed E-state index contributed by atoms with van der Waals surface area (Å²) in [7, 11) is -10.7. The molecule has 0 radical (unpaired) electrons. The van der Waals surface area contributed by atoms with E-state index in [2.05, 4.69) is 54.8 Å². The summed E-state index contributed by atoms with van der Waals surface area (Å²) in [5.74, 6) is -1.23. The number of aliphatic hydroxyl groups is 4. The molecule has 1 saturated carbocycles. The number of phosphoric ester groups is 2. The van der Waals surface area contributed by atoms with Crippen LogP contribution in [-0.2, 0) is 41.8 Å². The van der Waals surface area contributed by atoms with Crippen molar-refractivity contribution in [1.29, 1.82) is 0 Å². The fourth-order valence-electron chi connectivity index (χ4n) is 6.99. The topological polar surface area (TPSA) is 256 Å². The molecule has 0 spiro atoms.